The van der Waals surface area contributed by atoms with Crippen LogP contribution in [0.25, 0.3) is 21.7 Å². The van der Waals surface area contributed by atoms with E-state index >= 15 is 0 Å². The molecule has 3 N–H and O–H groups in total. The molecule has 0 fully saturated rings. The van der Waals surface area contributed by atoms with Crippen molar-refractivity contribution in [2.24, 2.45) is 0 Å². The molecule has 1 aliphatic carbocycles. The fourth-order valence-electron chi connectivity index (χ4n) is 3.73. The van der Waals surface area contributed by atoms with Gasteiger partial charge in [-0.1, -0.05) is 22.4 Å². The third-order valence-electron chi connectivity index (χ3n) is 5.27. The summed E-state index contributed by atoms with van der Waals surface area (Å²) in [4.78, 5) is 23.0. The number of thiol groups is 1. The lowest BCUT2D eigenvalue weighted by Crippen LogP contribution is -2.07. The van der Waals surface area contributed by atoms with Crippen LogP contribution in [-0.4, -0.2) is 25.6 Å². The molecule has 1 aliphatic rings. The number of hydrogen-bond acceptors (Lipinski definition) is 6. The van der Waals surface area contributed by atoms with E-state index in [1.54, 1.807) is 53.8 Å². The zero-order valence-corrected chi connectivity index (χ0v) is 18.4. The van der Waals surface area contributed by atoms with E-state index in [-0.39, 0.29) is 5.56 Å². The first-order chi connectivity index (χ1) is 15.5. The van der Waals surface area contributed by atoms with Gasteiger partial charge in [-0.15, -0.1) is 11.3 Å². The van der Waals surface area contributed by atoms with Gasteiger partial charge >= 0.3 is 5.97 Å². The first kappa shape index (κ1) is 20.5. The molecule has 5 rings (SSSR count). The van der Waals surface area contributed by atoms with E-state index in [2.05, 4.69) is 16.4 Å². The third kappa shape index (κ3) is 3.93. The van der Waals surface area contributed by atoms with Gasteiger partial charge in [0.15, 0.2) is 4.90 Å². The minimum absolute atomic E-state index is 0.259. The maximum Gasteiger partial charge on any atom is 0.335 e. The quantitative estimate of drug-likeness (QED) is 0.283. The molecule has 160 valence electrons. The highest BCUT2D eigenvalue weighted by atomic mass is 32.2. The van der Waals surface area contributed by atoms with Gasteiger partial charge in [0.25, 0.3) is 0 Å². The third-order valence-corrected chi connectivity index (χ3v) is 7.23. The van der Waals surface area contributed by atoms with Crippen LogP contribution < -0.4 is 5.32 Å². The predicted molar refractivity (Wildman–Crippen MR) is 125 cm³/mol. The number of benzene rings is 2. The van der Waals surface area contributed by atoms with Crippen molar-refractivity contribution in [3.8, 4) is 21.7 Å². The van der Waals surface area contributed by atoms with E-state index in [0.29, 0.717) is 16.5 Å². The molecule has 0 radical (unpaired) electrons. The number of carboxylic acids is 1. The predicted octanol–water partition coefficient (Wildman–Crippen LogP) is 4.94. The van der Waals surface area contributed by atoms with Crippen LogP contribution in [0.4, 0.5) is 11.6 Å². The molecule has 0 spiro atoms. The average Bonchev–Trinajstić information content (AvgIpc) is 3.24. The van der Waals surface area contributed by atoms with Crippen LogP contribution in [0.15, 0.2) is 65.7 Å². The van der Waals surface area contributed by atoms with Crippen LogP contribution in [0, 0.1) is 0 Å². The van der Waals surface area contributed by atoms with E-state index in [1.807, 2.05) is 12.3 Å². The van der Waals surface area contributed by atoms with Crippen molar-refractivity contribution in [2.45, 2.75) is 17.7 Å². The molecule has 0 amide bonds. The van der Waals surface area contributed by atoms with Crippen LogP contribution in [0.1, 0.15) is 20.8 Å². The Kier molecular flexibility index (Phi) is 5.30. The molecule has 0 saturated heterocycles. The standard InChI is InChI=1S/C23H17N3O4S2/c27-22(28)14-4-1-3-13(9-14)20-11-18-19(31-20)8-7-15-12-24-23(26-21(15)18)25-16-5-2-6-17(10-16)32(29)30/h1-6,9-12H,7-8H2,(H,27,28)(H,29,30)(H,24,25,26)/p+1. The highest BCUT2D eigenvalue weighted by molar-refractivity contribution is 7.79. The maximum atomic E-state index is 11.4. The second-order valence-electron chi connectivity index (χ2n) is 7.35. The maximum absolute atomic E-state index is 11.4. The van der Waals surface area contributed by atoms with Crippen molar-refractivity contribution in [3.05, 3.63) is 76.8 Å². The summed E-state index contributed by atoms with van der Waals surface area (Å²) >= 11 is -0.768. The van der Waals surface area contributed by atoms with Gasteiger partial charge in [0.05, 0.1) is 11.3 Å². The lowest BCUT2D eigenvalue weighted by atomic mass is 9.95. The molecule has 0 saturated carbocycles. The summed E-state index contributed by atoms with van der Waals surface area (Å²) in [6, 6.07) is 15.7. The number of fused-ring (bicyclic) bond motifs is 3. The van der Waals surface area contributed by atoms with Gasteiger partial charge in [-0.2, -0.15) is 4.55 Å². The van der Waals surface area contributed by atoms with Crippen LogP contribution >= 0.6 is 11.3 Å². The summed E-state index contributed by atoms with van der Waals surface area (Å²) in [5, 5.41) is 12.4. The van der Waals surface area contributed by atoms with Gasteiger partial charge < -0.3 is 10.4 Å². The molecular weight excluding hydrogens is 446 g/mol. The molecule has 7 nitrogen and oxygen atoms in total. The van der Waals surface area contributed by atoms with E-state index in [4.69, 9.17) is 4.98 Å². The molecule has 32 heavy (non-hydrogen) atoms. The highest BCUT2D eigenvalue weighted by Crippen LogP contribution is 2.41. The Morgan fingerprint density at radius 2 is 1.94 bits per heavy atom. The Bertz CT molecular complexity index is 1380. The van der Waals surface area contributed by atoms with Gasteiger partial charge in [-0.25, -0.2) is 14.8 Å². The number of nitrogens with zero attached hydrogens (tertiary/aromatic N) is 2. The largest absolute Gasteiger partial charge is 0.478 e. The number of aryl methyl sites for hydroxylation is 2. The molecule has 2 aromatic carbocycles. The van der Waals surface area contributed by atoms with E-state index in [0.717, 1.165) is 40.1 Å². The number of aromatic carboxylic acids is 1. The minimum Gasteiger partial charge on any atom is -0.478 e. The highest BCUT2D eigenvalue weighted by Gasteiger charge is 2.22. The van der Waals surface area contributed by atoms with E-state index in [1.165, 1.54) is 4.88 Å². The Morgan fingerprint density at radius 1 is 1.09 bits per heavy atom. The van der Waals surface area contributed by atoms with Crippen molar-refractivity contribution < 1.29 is 18.7 Å². The molecule has 9 heteroatoms. The zero-order chi connectivity index (χ0) is 22.2. The van der Waals surface area contributed by atoms with Crippen molar-refractivity contribution in [2.75, 3.05) is 5.32 Å². The van der Waals surface area contributed by atoms with Gasteiger partial charge in [0.1, 0.15) is 0 Å². The number of aromatic nitrogens is 2. The van der Waals surface area contributed by atoms with Gasteiger partial charge in [-0.3, -0.25) is 0 Å². The summed E-state index contributed by atoms with van der Waals surface area (Å²) in [5.41, 5.74) is 4.70. The molecule has 0 bridgehead atoms. The first-order valence-corrected chi connectivity index (χ1v) is 11.9. The van der Waals surface area contributed by atoms with Crippen molar-refractivity contribution in [1.29, 1.82) is 0 Å². The van der Waals surface area contributed by atoms with Crippen molar-refractivity contribution in [1.82, 2.24) is 9.97 Å². The molecule has 2 aromatic heterocycles. The number of rotatable bonds is 5. The van der Waals surface area contributed by atoms with Crippen LogP contribution in [0.5, 0.6) is 0 Å². The Hall–Kier alpha value is -3.40. The second kappa shape index (κ2) is 8.27. The minimum atomic E-state index is -2.42. The molecule has 0 aliphatic heterocycles. The van der Waals surface area contributed by atoms with Gasteiger partial charge in [0.2, 0.25) is 17.0 Å². The van der Waals surface area contributed by atoms with Crippen molar-refractivity contribution in [3.63, 3.8) is 0 Å². The monoisotopic (exact) mass is 464 g/mol. The number of thiophene rings is 1. The molecule has 1 unspecified atom stereocenters. The van der Waals surface area contributed by atoms with Crippen LogP contribution in [0.2, 0.25) is 0 Å². The summed E-state index contributed by atoms with van der Waals surface area (Å²) in [6.45, 7) is 0. The van der Waals surface area contributed by atoms with Crippen molar-refractivity contribution >= 4 is 40.0 Å². The zero-order valence-electron chi connectivity index (χ0n) is 16.6. The van der Waals surface area contributed by atoms with Gasteiger partial charge in [-0.05, 0) is 54.3 Å². The van der Waals surface area contributed by atoms with Gasteiger partial charge in [0, 0.05) is 33.3 Å². The lowest BCUT2D eigenvalue weighted by Gasteiger charge is -2.16. The lowest BCUT2D eigenvalue weighted by molar-refractivity contribution is 0.0697. The van der Waals surface area contributed by atoms with E-state index in [9.17, 15) is 18.7 Å². The molecule has 2 heterocycles. The topological polar surface area (TPSA) is 112 Å². The Balaban J connectivity index is 1.50. The molecule has 4 aromatic rings. The second-order valence-corrected chi connectivity index (χ2v) is 9.55. The summed E-state index contributed by atoms with van der Waals surface area (Å²) in [6.07, 6.45) is 3.53. The summed E-state index contributed by atoms with van der Waals surface area (Å²) in [5.74, 6) is -0.542. The number of nitrogens with one attached hydrogen (secondary N) is 1. The smallest absolute Gasteiger partial charge is 0.335 e. The number of hydrogen-bond donors (Lipinski definition) is 3. The van der Waals surface area contributed by atoms with Crippen LogP contribution in [-0.2, 0) is 28.1 Å². The Labute approximate surface area is 190 Å². The summed E-state index contributed by atoms with van der Waals surface area (Å²) in [7, 11) is 0. The van der Waals surface area contributed by atoms with E-state index < -0.39 is 17.0 Å². The molecular formula is C23H18N3O4S2+. The number of carbonyl (C=O) groups is 1. The summed E-state index contributed by atoms with van der Waals surface area (Å²) < 4.78 is 20.7. The average molecular weight is 465 g/mol. The first-order valence-electron chi connectivity index (χ1n) is 9.84. The fraction of sp³-hybridized carbons (Fsp3) is 0.0870. The fourth-order valence-corrected chi connectivity index (χ4v) is 5.35. The SMILES string of the molecule is O=C(O)c1cccc(-c2cc3c(s2)CCc2cnc(Nc4cccc([SH+](=O)O)c4)nc2-3)c1. The molecule has 1 atom stereocenters. The Morgan fingerprint density at radius 3 is 2.75 bits per heavy atom. The number of carboxylic acid groups (broad SMARTS) is 1. The normalized spacial score (nSPS) is 13.2. The number of anilines is 2. The van der Waals surface area contributed by atoms with Crippen LogP contribution in [0.3, 0.4) is 0 Å².